The highest BCUT2D eigenvalue weighted by Crippen LogP contribution is 2.37. The number of aromatic nitrogens is 1. The third-order valence-electron chi connectivity index (χ3n) is 6.19. The molecule has 0 radical (unpaired) electrons. The number of nitrogens with zero attached hydrogens (tertiary/aromatic N) is 4. The molecule has 2 aliphatic rings. The Hall–Kier alpha value is -3.04. The number of phenols is 1. The summed E-state index contributed by atoms with van der Waals surface area (Å²) in [6, 6.07) is 5.26. The van der Waals surface area contributed by atoms with Crippen molar-refractivity contribution in [2.75, 3.05) is 45.3 Å². The molecule has 0 saturated carbocycles. The fourth-order valence-corrected chi connectivity index (χ4v) is 4.47. The van der Waals surface area contributed by atoms with Gasteiger partial charge < -0.3 is 19.8 Å². The van der Waals surface area contributed by atoms with Gasteiger partial charge in [0.2, 0.25) is 0 Å². The van der Waals surface area contributed by atoms with Gasteiger partial charge in [0, 0.05) is 39.2 Å². The Morgan fingerprint density at radius 2 is 2.00 bits per heavy atom. The average molecular weight is 442 g/mol. The highest BCUT2D eigenvalue weighted by molar-refractivity contribution is 5.87. The zero-order valence-electron chi connectivity index (χ0n) is 18.4. The predicted octanol–water partition coefficient (Wildman–Crippen LogP) is 1.35. The van der Waals surface area contributed by atoms with Gasteiger partial charge in [-0.3, -0.25) is 9.89 Å². The van der Waals surface area contributed by atoms with Crippen molar-refractivity contribution in [2.24, 2.45) is 4.99 Å². The van der Waals surface area contributed by atoms with Gasteiger partial charge in [0.25, 0.3) is 0 Å². The molecular weight excluding hydrogens is 415 g/mol. The number of carboxylic acids is 1. The van der Waals surface area contributed by atoms with Crippen LogP contribution in [0.4, 0.5) is 10.1 Å². The summed E-state index contributed by atoms with van der Waals surface area (Å²) in [6.07, 6.45) is 1.02. The summed E-state index contributed by atoms with van der Waals surface area (Å²) in [7, 11) is 3.63. The second-order valence-electron chi connectivity index (χ2n) is 8.29. The van der Waals surface area contributed by atoms with E-state index in [9.17, 15) is 19.4 Å². The second-order valence-corrected chi connectivity index (χ2v) is 8.29. The SMILES string of the molecule is CCC1(N2CCOCC2)CC(c2cc(F)ccc2O)=c2nc(C(=O)O)cc(N(C)C)c2=N1. The van der Waals surface area contributed by atoms with Crippen LogP contribution in [0.5, 0.6) is 5.75 Å². The number of phenolic OH excluding ortho intramolecular Hbond substituents is 1. The van der Waals surface area contributed by atoms with Crippen molar-refractivity contribution in [1.82, 2.24) is 9.88 Å². The summed E-state index contributed by atoms with van der Waals surface area (Å²) in [5.74, 6) is -1.75. The Morgan fingerprint density at radius 3 is 2.62 bits per heavy atom. The minimum atomic E-state index is -1.17. The molecule has 1 aromatic heterocycles. The van der Waals surface area contributed by atoms with E-state index in [4.69, 9.17) is 9.73 Å². The van der Waals surface area contributed by atoms with E-state index in [0.29, 0.717) is 66.7 Å². The molecule has 9 heteroatoms. The lowest BCUT2D eigenvalue weighted by Crippen LogP contribution is -2.57. The van der Waals surface area contributed by atoms with Gasteiger partial charge >= 0.3 is 5.97 Å². The number of ether oxygens (including phenoxy) is 1. The second kappa shape index (κ2) is 8.48. The van der Waals surface area contributed by atoms with Gasteiger partial charge in [-0.25, -0.2) is 14.2 Å². The molecule has 2 aliphatic heterocycles. The van der Waals surface area contributed by atoms with Gasteiger partial charge in [0.1, 0.15) is 22.6 Å². The molecule has 3 heterocycles. The molecule has 1 unspecified atom stereocenters. The molecule has 1 atom stereocenters. The summed E-state index contributed by atoms with van der Waals surface area (Å²) in [6.45, 7) is 4.59. The Morgan fingerprint density at radius 1 is 1.28 bits per heavy atom. The Balaban J connectivity index is 2.10. The van der Waals surface area contributed by atoms with E-state index in [1.807, 2.05) is 21.0 Å². The predicted molar refractivity (Wildman–Crippen MR) is 117 cm³/mol. The first kappa shape index (κ1) is 22.2. The lowest BCUT2D eigenvalue weighted by Gasteiger charge is -2.44. The smallest absolute Gasteiger partial charge is 0.354 e. The summed E-state index contributed by atoms with van der Waals surface area (Å²) < 4.78 is 19.8. The van der Waals surface area contributed by atoms with Crippen molar-refractivity contribution < 1.29 is 24.1 Å². The maximum absolute atomic E-state index is 14.2. The van der Waals surface area contributed by atoms with Crippen molar-refractivity contribution >= 4 is 17.2 Å². The number of halogens is 1. The number of anilines is 1. The standard InChI is InChI=1S/C23H27FN4O4/c1-4-23(28-7-9-32-10-8-28)13-16(15-11-14(24)5-6-19(15)29)20-21(26-23)18(27(2)3)12-17(25-20)22(30)31/h5-6,11-12,29H,4,7-10,13H2,1-3H3,(H,30,31). The van der Waals surface area contributed by atoms with Crippen LogP contribution in [0.1, 0.15) is 35.8 Å². The summed E-state index contributed by atoms with van der Waals surface area (Å²) >= 11 is 0. The molecular formula is C23H27FN4O4. The van der Waals surface area contributed by atoms with Crippen LogP contribution in [0.3, 0.4) is 0 Å². The number of rotatable bonds is 5. The van der Waals surface area contributed by atoms with Gasteiger partial charge in [0.05, 0.1) is 24.3 Å². The topological polar surface area (TPSA) is 98.5 Å². The van der Waals surface area contributed by atoms with Crippen LogP contribution in [-0.2, 0) is 4.74 Å². The Labute approximate surface area is 185 Å². The minimum absolute atomic E-state index is 0.0878. The number of aromatic hydroxyl groups is 1. The van der Waals surface area contributed by atoms with Crippen molar-refractivity contribution in [3.63, 3.8) is 0 Å². The van der Waals surface area contributed by atoms with Gasteiger partial charge in [-0.1, -0.05) is 6.92 Å². The van der Waals surface area contributed by atoms with E-state index < -0.39 is 17.4 Å². The van der Waals surface area contributed by atoms with Crippen LogP contribution in [0.15, 0.2) is 29.3 Å². The van der Waals surface area contributed by atoms with Gasteiger partial charge in [-0.05, 0) is 36.3 Å². The summed E-state index contributed by atoms with van der Waals surface area (Å²) in [4.78, 5) is 25.4. The molecule has 170 valence electrons. The molecule has 4 rings (SSSR count). The molecule has 0 spiro atoms. The van der Waals surface area contributed by atoms with Crippen LogP contribution >= 0.6 is 0 Å². The van der Waals surface area contributed by atoms with Crippen LogP contribution in [0.25, 0.3) is 5.57 Å². The third kappa shape index (κ3) is 3.82. The van der Waals surface area contributed by atoms with Crippen LogP contribution in [0.2, 0.25) is 0 Å². The van der Waals surface area contributed by atoms with Crippen molar-refractivity contribution in [3.05, 3.63) is 52.0 Å². The van der Waals surface area contributed by atoms with Crippen LogP contribution < -0.4 is 15.6 Å². The van der Waals surface area contributed by atoms with Crippen molar-refractivity contribution in [2.45, 2.75) is 25.4 Å². The van der Waals surface area contributed by atoms with E-state index >= 15 is 0 Å². The lowest BCUT2D eigenvalue weighted by molar-refractivity contribution is -0.0218. The normalized spacial score (nSPS) is 21.1. The van der Waals surface area contributed by atoms with E-state index in [1.165, 1.54) is 24.3 Å². The average Bonchev–Trinajstić information content (AvgIpc) is 2.79. The molecule has 2 aromatic rings. The Bertz CT molecular complexity index is 1180. The van der Waals surface area contributed by atoms with Crippen molar-refractivity contribution in [1.29, 1.82) is 0 Å². The largest absolute Gasteiger partial charge is 0.507 e. The van der Waals surface area contributed by atoms with Gasteiger partial charge in [-0.15, -0.1) is 0 Å². The fraction of sp³-hybridized carbons (Fsp3) is 0.435. The van der Waals surface area contributed by atoms with Crippen LogP contribution in [-0.4, -0.2) is 72.1 Å². The third-order valence-corrected chi connectivity index (χ3v) is 6.19. The molecule has 0 amide bonds. The van der Waals surface area contributed by atoms with E-state index in [-0.39, 0.29) is 11.4 Å². The number of pyridine rings is 1. The maximum atomic E-state index is 14.2. The number of aromatic carboxylic acids is 1. The number of hydrogen-bond donors (Lipinski definition) is 2. The quantitative estimate of drug-likeness (QED) is 0.721. The molecule has 1 saturated heterocycles. The van der Waals surface area contributed by atoms with Crippen molar-refractivity contribution in [3.8, 4) is 5.75 Å². The number of benzene rings is 1. The number of hydrogen-bond acceptors (Lipinski definition) is 7. The first-order valence-corrected chi connectivity index (χ1v) is 10.6. The molecule has 0 bridgehead atoms. The Kier molecular flexibility index (Phi) is 5.87. The molecule has 8 nitrogen and oxygen atoms in total. The summed E-state index contributed by atoms with van der Waals surface area (Å²) in [5, 5.41) is 21.2. The van der Waals surface area contributed by atoms with E-state index in [0.717, 1.165) is 0 Å². The highest BCUT2D eigenvalue weighted by Gasteiger charge is 2.40. The molecule has 32 heavy (non-hydrogen) atoms. The monoisotopic (exact) mass is 442 g/mol. The van der Waals surface area contributed by atoms with Gasteiger partial charge in [0.15, 0.2) is 5.69 Å². The summed E-state index contributed by atoms with van der Waals surface area (Å²) in [5.41, 5.74) is 0.693. The van der Waals surface area contributed by atoms with E-state index in [2.05, 4.69) is 9.88 Å². The molecule has 1 fully saturated rings. The zero-order chi connectivity index (χ0) is 23.0. The number of carboxylic acid groups (broad SMARTS) is 1. The first-order valence-electron chi connectivity index (χ1n) is 10.6. The maximum Gasteiger partial charge on any atom is 0.354 e. The lowest BCUT2D eigenvalue weighted by atomic mass is 9.87. The minimum Gasteiger partial charge on any atom is -0.507 e. The first-order chi connectivity index (χ1) is 15.3. The van der Waals surface area contributed by atoms with E-state index in [1.54, 1.807) is 4.90 Å². The number of morpholine rings is 1. The molecule has 0 aliphatic carbocycles. The zero-order valence-corrected chi connectivity index (χ0v) is 18.4. The number of carbonyl (C=O) groups is 1. The van der Waals surface area contributed by atoms with Crippen LogP contribution in [0, 0.1) is 5.82 Å². The molecule has 1 aromatic carbocycles. The fourth-order valence-electron chi connectivity index (χ4n) is 4.47. The molecule has 2 N–H and O–H groups in total. The highest BCUT2D eigenvalue weighted by atomic mass is 19.1. The van der Waals surface area contributed by atoms with Gasteiger partial charge in [-0.2, -0.15) is 0 Å². The number of fused-ring (bicyclic) bond motifs is 1.